The topological polar surface area (TPSA) is 15.3 Å². The average Bonchev–Trinajstić information content (AvgIpc) is 3.15. The van der Waals surface area contributed by atoms with Crippen molar-refractivity contribution >= 4 is 21.4 Å². The lowest BCUT2D eigenvalue weighted by Crippen LogP contribution is -2.34. The number of likely N-dealkylation sites (tertiary alicyclic amines) is 1. The summed E-state index contributed by atoms with van der Waals surface area (Å²) < 4.78 is 1.42. The molecule has 0 spiro atoms. The highest BCUT2D eigenvalue weighted by Crippen LogP contribution is 2.35. The molecule has 1 aliphatic heterocycles. The molecule has 2 aromatic rings. The molecule has 1 N–H and O–H groups in total. The fraction of sp³-hybridized carbons (Fsp3) is 0.556. The largest absolute Gasteiger partial charge is 0.305 e. The quantitative estimate of drug-likeness (QED) is 0.914. The summed E-state index contributed by atoms with van der Waals surface area (Å²) in [6.45, 7) is 7.15. The number of rotatable bonds is 4. The molecule has 2 nitrogen and oxygen atoms in total. The van der Waals surface area contributed by atoms with Gasteiger partial charge in [0.05, 0.1) is 0 Å². The SMILES string of the molecule is Cc1c(C(C)NC2CCN(C3CC3)C2)sc2ccccc12. The van der Waals surface area contributed by atoms with Crippen molar-refractivity contribution in [2.45, 2.75) is 51.2 Å². The zero-order valence-corrected chi connectivity index (χ0v) is 13.7. The molecule has 1 saturated carbocycles. The third-order valence-corrected chi connectivity index (χ3v) is 6.50. The van der Waals surface area contributed by atoms with E-state index in [4.69, 9.17) is 0 Å². The molecule has 2 unspecified atom stereocenters. The first-order valence-electron chi connectivity index (χ1n) is 8.20. The van der Waals surface area contributed by atoms with Crippen LogP contribution in [0.15, 0.2) is 24.3 Å². The van der Waals surface area contributed by atoms with E-state index in [1.165, 1.54) is 52.9 Å². The van der Waals surface area contributed by atoms with Crippen LogP contribution in [0.25, 0.3) is 10.1 Å². The highest BCUT2D eigenvalue weighted by atomic mass is 32.1. The summed E-state index contributed by atoms with van der Waals surface area (Å²) in [5.41, 5.74) is 1.47. The second-order valence-electron chi connectivity index (χ2n) is 6.69. The Hall–Kier alpha value is -0.900. The Balaban J connectivity index is 1.48. The van der Waals surface area contributed by atoms with Gasteiger partial charge in [-0.3, -0.25) is 4.90 Å². The lowest BCUT2D eigenvalue weighted by Gasteiger charge is -2.20. The van der Waals surface area contributed by atoms with E-state index in [0.717, 1.165) is 6.04 Å². The van der Waals surface area contributed by atoms with Crippen LogP contribution in [0.3, 0.4) is 0 Å². The van der Waals surface area contributed by atoms with Gasteiger partial charge in [0, 0.05) is 40.8 Å². The van der Waals surface area contributed by atoms with Crippen molar-refractivity contribution < 1.29 is 0 Å². The number of aryl methyl sites for hydroxylation is 1. The van der Waals surface area contributed by atoms with E-state index in [1.54, 1.807) is 0 Å². The number of nitrogens with one attached hydrogen (secondary N) is 1. The molecule has 21 heavy (non-hydrogen) atoms. The van der Waals surface area contributed by atoms with Crippen molar-refractivity contribution in [1.29, 1.82) is 0 Å². The van der Waals surface area contributed by atoms with Crippen LogP contribution in [-0.4, -0.2) is 30.1 Å². The van der Waals surface area contributed by atoms with Crippen LogP contribution in [0.4, 0.5) is 0 Å². The number of benzene rings is 1. The second kappa shape index (κ2) is 5.38. The normalized spacial score (nSPS) is 24.8. The van der Waals surface area contributed by atoms with Crippen LogP contribution in [0.5, 0.6) is 0 Å². The molecule has 1 aromatic carbocycles. The Morgan fingerprint density at radius 2 is 2.05 bits per heavy atom. The van der Waals surface area contributed by atoms with Crippen LogP contribution in [0.2, 0.25) is 0 Å². The van der Waals surface area contributed by atoms with Crippen molar-refractivity contribution in [3.8, 4) is 0 Å². The maximum absolute atomic E-state index is 3.88. The molecule has 0 bridgehead atoms. The minimum Gasteiger partial charge on any atom is -0.305 e. The fourth-order valence-corrected chi connectivity index (χ4v) is 4.95. The Bertz CT molecular complexity index is 644. The molecule has 0 amide bonds. The van der Waals surface area contributed by atoms with E-state index < -0.39 is 0 Å². The maximum atomic E-state index is 3.88. The van der Waals surface area contributed by atoms with Crippen LogP contribution in [0, 0.1) is 6.92 Å². The maximum Gasteiger partial charge on any atom is 0.0391 e. The molecule has 2 heterocycles. The summed E-state index contributed by atoms with van der Waals surface area (Å²) >= 11 is 1.96. The van der Waals surface area contributed by atoms with Crippen molar-refractivity contribution in [2.24, 2.45) is 0 Å². The first kappa shape index (κ1) is 13.7. The number of thiophene rings is 1. The predicted molar refractivity (Wildman–Crippen MR) is 91.1 cm³/mol. The summed E-state index contributed by atoms with van der Waals surface area (Å²) in [6, 6.07) is 10.8. The second-order valence-corrected chi connectivity index (χ2v) is 7.77. The minimum absolute atomic E-state index is 0.464. The first-order valence-corrected chi connectivity index (χ1v) is 9.02. The molecule has 2 aliphatic rings. The molecular weight excluding hydrogens is 276 g/mol. The zero-order chi connectivity index (χ0) is 14.4. The Morgan fingerprint density at radius 1 is 1.24 bits per heavy atom. The number of nitrogens with zero attached hydrogens (tertiary/aromatic N) is 1. The van der Waals surface area contributed by atoms with Crippen molar-refractivity contribution in [2.75, 3.05) is 13.1 Å². The van der Waals surface area contributed by atoms with E-state index in [9.17, 15) is 0 Å². The van der Waals surface area contributed by atoms with Gasteiger partial charge in [-0.15, -0.1) is 11.3 Å². The third kappa shape index (κ3) is 2.63. The smallest absolute Gasteiger partial charge is 0.0391 e. The van der Waals surface area contributed by atoms with Crippen molar-refractivity contribution in [3.05, 3.63) is 34.7 Å². The Kier molecular flexibility index (Phi) is 3.52. The predicted octanol–water partition coefficient (Wildman–Crippen LogP) is 4.10. The standard InChI is InChI=1S/C18H24N2S/c1-12-16-5-3-4-6-17(16)21-18(12)13(2)19-14-9-10-20(11-14)15-7-8-15/h3-6,13-15,19H,7-11H2,1-2H3. The van der Waals surface area contributed by atoms with Gasteiger partial charge in [0.25, 0.3) is 0 Å². The van der Waals surface area contributed by atoms with E-state index in [2.05, 4.69) is 48.3 Å². The van der Waals surface area contributed by atoms with Gasteiger partial charge in [0.2, 0.25) is 0 Å². The van der Waals surface area contributed by atoms with Gasteiger partial charge < -0.3 is 5.32 Å². The van der Waals surface area contributed by atoms with Gasteiger partial charge in [-0.25, -0.2) is 0 Å². The fourth-order valence-electron chi connectivity index (χ4n) is 3.73. The third-order valence-electron chi connectivity index (χ3n) is 5.04. The van der Waals surface area contributed by atoms with Gasteiger partial charge in [-0.1, -0.05) is 18.2 Å². The molecular formula is C18H24N2S. The monoisotopic (exact) mass is 300 g/mol. The highest BCUT2D eigenvalue weighted by Gasteiger charge is 2.34. The van der Waals surface area contributed by atoms with E-state index in [1.807, 2.05) is 11.3 Å². The molecule has 3 heteroatoms. The van der Waals surface area contributed by atoms with Crippen LogP contribution < -0.4 is 5.32 Å². The van der Waals surface area contributed by atoms with Gasteiger partial charge in [0.1, 0.15) is 0 Å². The number of hydrogen-bond donors (Lipinski definition) is 1. The molecule has 1 aromatic heterocycles. The average molecular weight is 300 g/mol. The van der Waals surface area contributed by atoms with Crippen LogP contribution >= 0.6 is 11.3 Å². The van der Waals surface area contributed by atoms with Gasteiger partial charge in [-0.2, -0.15) is 0 Å². The van der Waals surface area contributed by atoms with E-state index in [-0.39, 0.29) is 0 Å². The van der Waals surface area contributed by atoms with Crippen molar-refractivity contribution in [1.82, 2.24) is 10.2 Å². The Morgan fingerprint density at radius 3 is 2.81 bits per heavy atom. The van der Waals surface area contributed by atoms with Crippen LogP contribution in [-0.2, 0) is 0 Å². The molecule has 2 fully saturated rings. The lowest BCUT2D eigenvalue weighted by molar-refractivity contribution is 0.314. The van der Waals surface area contributed by atoms with E-state index >= 15 is 0 Å². The molecule has 0 radical (unpaired) electrons. The molecule has 4 rings (SSSR count). The van der Waals surface area contributed by atoms with Gasteiger partial charge in [-0.05, 0) is 50.1 Å². The number of fused-ring (bicyclic) bond motifs is 1. The molecule has 2 atom stereocenters. The summed E-state index contributed by atoms with van der Waals surface area (Å²) in [7, 11) is 0. The molecule has 1 saturated heterocycles. The van der Waals surface area contributed by atoms with Crippen molar-refractivity contribution in [3.63, 3.8) is 0 Å². The minimum atomic E-state index is 0.464. The molecule has 1 aliphatic carbocycles. The highest BCUT2D eigenvalue weighted by molar-refractivity contribution is 7.19. The van der Waals surface area contributed by atoms with Crippen LogP contribution in [0.1, 0.15) is 42.7 Å². The first-order chi connectivity index (χ1) is 10.2. The summed E-state index contributed by atoms with van der Waals surface area (Å²) in [5.74, 6) is 0. The molecule has 112 valence electrons. The summed E-state index contributed by atoms with van der Waals surface area (Å²) in [4.78, 5) is 4.20. The number of hydrogen-bond acceptors (Lipinski definition) is 3. The lowest BCUT2D eigenvalue weighted by atomic mass is 10.1. The summed E-state index contributed by atoms with van der Waals surface area (Å²) in [5, 5.41) is 5.31. The van der Waals surface area contributed by atoms with E-state index in [0.29, 0.717) is 12.1 Å². The summed E-state index contributed by atoms with van der Waals surface area (Å²) in [6.07, 6.45) is 4.17. The zero-order valence-electron chi connectivity index (χ0n) is 12.9. The van der Waals surface area contributed by atoms with Gasteiger partial charge >= 0.3 is 0 Å². The van der Waals surface area contributed by atoms with Gasteiger partial charge in [0.15, 0.2) is 0 Å². The Labute approximate surface area is 131 Å².